The highest BCUT2D eigenvalue weighted by Gasteiger charge is 2.50. The molecule has 10 N–H and O–H groups in total. The summed E-state index contributed by atoms with van der Waals surface area (Å²) in [4.78, 5) is 89.5. The fraction of sp³-hybridized carbons (Fsp3) is 0.550. The molecule has 5 unspecified atom stereocenters. The first kappa shape index (κ1) is 45.0. The number of aliphatic hydroxyl groups is 2. The Bertz CT molecular complexity index is 2420. The number of anilines is 1. The molecule has 5 rings (SSSR count). The third-order valence-electron chi connectivity index (χ3n) is 7.49. The molecule has 0 amide bonds. The Morgan fingerprint density at radius 3 is 2.02 bits per heavy atom. The summed E-state index contributed by atoms with van der Waals surface area (Å²) >= 11 is 0. The number of aromatic nitrogens is 6. The standard InChI is InChI=1S/C20H29N10O22P5/c1-8-3-29(20(34)26-18(8)33)12-2-9(27-28-22)10(47-12)4-45-53(35,36)49-55(39,40)51-57(43,44)52-56(41,42)50-54(37,38)46-5-11-14(31)15(32)19(48-11)30-7-25-13-16(21)23-6-24-17(13)30/h3,6-7,9-12,14-15,19,31-32H,2,4-5H2,1H3,(H,35,36)(H,37,38)(H,39,40)(H,41,42)(H,43,44)(H2,21,23,24)(H,26,33,34)/t9-,10+,11-,12-,14-,15+,19+/m0/s1. The van der Waals surface area contributed by atoms with Crippen molar-refractivity contribution in [2.45, 2.75) is 56.3 Å². The van der Waals surface area contributed by atoms with Crippen LogP contribution < -0.4 is 17.0 Å². The third kappa shape index (κ3) is 11.1. The molecule has 3 aromatic rings. The van der Waals surface area contributed by atoms with Gasteiger partial charge < -0.3 is 49.9 Å². The van der Waals surface area contributed by atoms with Crippen molar-refractivity contribution >= 4 is 56.1 Å². The Morgan fingerprint density at radius 2 is 1.44 bits per heavy atom. The average molecular weight is 916 g/mol. The molecular formula is C20H29N10O22P5. The molecule has 32 nitrogen and oxygen atoms in total. The molecule has 37 heteroatoms. The van der Waals surface area contributed by atoms with E-state index in [2.05, 4.69) is 51.3 Å². The molecule has 2 fully saturated rings. The number of aliphatic hydroxyl groups excluding tert-OH is 2. The number of nitrogens with one attached hydrogen (secondary N) is 1. The number of H-pyrrole nitrogens is 1. The first-order valence-electron chi connectivity index (χ1n) is 15.1. The Kier molecular flexibility index (Phi) is 13.3. The SMILES string of the molecule is Cc1cn([C@@H]2C[C@H](N=[N+]=[N-])[C@@H](COP(=O)(O)OP(=O)(O)OP(=O)(O)OP(=O)(O)OP(=O)(O)OC[C@@H]3O[C@@H](n4cnc5c(N)ncnc54)[C@H](O)[C@H]3O)O2)c(=O)[nH]c1=O. The van der Waals surface area contributed by atoms with Gasteiger partial charge in [-0.3, -0.25) is 28.0 Å². The van der Waals surface area contributed by atoms with Crippen molar-refractivity contribution in [3.8, 4) is 0 Å². The minimum absolute atomic E-state index is 0.0422. The lowest BCUT2D eigenvalue weighted by Gasteiger charge is -2.22. The van der Waals surface area contributed by atoms with Crippen molar-refractivity contribution in [3.05, 3.63) is 55.7 Å². The molecule has 0 saturated carbocycles. The molecule has 0 radical (unpaired) electrons. The van der Waals surface area contributed by atoms with Gasteiger partial charge in [-0.15, -0.1) is 0 Å². The number of fused-ring (bicyclic) bond motifs is 1. The maximum Gasteiger partial charge on any atom is 0.490 e. The van der Waals surface area contributed by atoms with Crippen LogP contribution in [0.15, 0.2) is 33.6 Å². The summed E-state index contributed by atoms with van der Waals surface area (Å²) in [5.74, 6) is -0.0422. The quantitative estimate of drug-likeness (QED) is 0.0355. The second-order valence-corrected chi connectivity index (χ2v) is 19.3. The van der Waals surface area contributed by atoms with E-state index >= 15 is 0 Å². The van der Waals surface area contributed by atoms with Crippen LogP contribution in [-0.4, -0.2) is 107 Å². The molecule has 12 atom stereocenters. The molecule has 2 aliphatic rings. The third-order valence-corrected chi connectivity index (χ3v) is 15.0. The number of phosphoric acid groups is 5. The molecule has 57 heavy (non-hydrogen) atoms. The van der Waals surface area contributed by atoms with Gasteiger partial charge >= 0.3 is 44.8 Å². The summed E-state index contributed by atoms with van der Waals surface area (Å²) in [7, 11) is -30.9. The highest BCUT2D eigenvalue weighted by Crippen LogP contribution is 2.73. The fourth-order valence-electron chi connectivity index (χ4n) is 5.13. The van der Waals surface area contributed by atoms with Gasteiger partial charge in [-0.1, -0.05) is 5.11 Å². The van der Waals surface area contributed by atoms with E-state index in [4.69, 9.17) is 20.7 Å². The highest BCUT2D eigenvalue weighted by atomic mass is 31.3. The van der Waals surface area contributed by atoms with Crippen molar-refractivity contribution < 1.29 is 93.3 Å². The van der Waals surface area contributed by atoms with Crippen LogP contribution >= 0.6 is 39.1 Å². The van der Waals surface area contributed by atoms with E-state index in [9.17, 15) is 67.1 Å². The van der Waals surface area contributed by atoms with E-state index in [-0.39, 0.29) is 29.0 Å². The van der Waals surface area contributed by atoms with Gasteiger partial charge in [0.05, 0.1) is 31.7 Å². The molecule has 2 saturated heterocycles. The summed E-state index contributed by atoms with van der Waals surface area (Å²) in [5.41, 5.74) is 13.2. The van der Waals surface area contributed by atoms with Crippen LogP contribution in [0, 0.1) is 6.92 Å². The lowest BCUT2D eigenvalue weighted by molar-refractivity contribution is -0.0503. The first-order chi connectivity index (χ1) is 26.3. The van der Waals surface area contributed by atoms with Crippen LogP contribution in [0.5, 0.6) is 0 Å². The van der Waals surface area contributed by atoms with Crippen LogP contribution in [0.3, 0.4) is 0 Å². The minimum Gasteiger partial charge on any atom is -0.387 e. The van der Waals surface area contributed by atoms with Crippen LogP contribution in [0.1, 0.15) is 24.4 Å². The van der Waals surface area contributed by atoms with E-state index in [0.29, 0.717) is 0 Å². The summed E-state index contributed by atoms with van der Waals surface area (Å²) in [6.07, 6.45) is -6.38. The maximum absolute atomic E-state index is 12.4. The molecule has 3 aromatic heterocycles. The van der Waals surface area contributed by atoms with Crippen LogP contribution in [0.2, 0.25) is 0 Å². The number of azide groups is 1. The van der Waals surface area contributed by atoms with Crippen molar-refractivity contribution in [1.29, 1.82) is 0 Å². The average Bonchev–Trinajstić information content (AvgIpc) is 3.75. The summed E-state index contributed by atoms with van der Waals surface area (Å²) in [6.45, 7) is -0.905. The second kappa shape index (κ2) is 16.9. The zero-order chi connectivity index (χ0) is 42.3. The Morgan fingerprint density at radius 1 is 0.877 bits per heavy atom. The number of imidazole rings is 1. The number of nitrogens with two attached hydrogens (primary N) is 1. The van der Waals surface area contributed by atoms with Gasteiger partial charge in [0.15, 0.2) is 17.7 Å². The monoisotopic (exact) mass is 916 g/mol. The number of ether oxygens (including phenoxy) is 2. The Hall–Kier alpha value is -3.11. The van der Waals surface area contributed by atoms with E-state index in [1.165, 1.54) is 6.92 Å². The van der Waals surface area contributed by atoms with E-state index in [0.717, 1.165) is 28.0 Å². The van der Waals surface area contributed by atoms with E-state index in [1.54, 1.807) is 0 Å². The zero-order valence-corrected chi connectivity index (χ0v) is 32.5. The normalized spacial score (nSPS) is 29.1. The molecule has 5 heterocycles. The molecule has 0 aliphatic carbocycles. The van der Waals surface area contributed by atoms with Gasteiger partial charge in [0.1, 0.15) is 36.4 Å². The lowest BCUT2D eigenvalue weighted by atomic mass is 10.1. The van der Waals surface area contributed by atoms with Gasteiger partial charge in [-0.05, 0) is 12.5 Å². The number of nitrogen functional groups attached to an aromatic ring is 1. The largest absolute Gasteiger partial charge is 0.490 e. The van der Waals surface area contributed by atoms with Gasteiger partial charge in [0.25, 0.3) is 5.56 Å². The first-order valence-corrected chi connectivity index (χ1v) is 22.5. The van der Waals surface area contributed by atoms with Gasteiger partial charge in [-0.25, -0.2) is 42.6 Å². The molecule has 2 aliphatic heterocycles. The topological polar surface area (TPSA) is 474 Å². The van der Waals surface area contributed by atoms with Crippen LogP contribution in [0.25, 0.3) is 21.6 Å². The molecule has 0 spiro atoms. The highest BCUT2D eigenvalue weighted by molar-refractivity contribution is 7.71. The maximum atomic E-state index is 12.4. The molecule has 0 aromatic carbocycles. The van der Waals surface area contributed by atoms with Crippen molar-refractivity contribution in [2.24, 2.45) is 5.11 Å². The fourth-order valence-corrected chi connectivity index (χ4v) is 11.5. The van der Waals surface area contributed by atoms with E-state index in [1.807, 2.05) is 4.98 Å². The number of aryl methyl sites for hydroxylation is 1. The Balaban J connectivity index is 1.14. The van der Waals surface area contributed by atoms with Gasteiger partial charge in [0.2, 0.25) is 0 Å². The predicted octanol–water partition coefficient (Wildman–Crippen LogP) is -0.546. The minimum atomic E-state index is -6.45. The smallest absolute Gasteiger partial charge is 0.387 e. The number of hydrogen-bond acceptors (Lipinski definition) is 22. The predicted molar refractivity (Wildman–Crippen MR) is 179 cm³/mol. The summed E-state index contributed by atoms with van der Waals surface area (Å²) in [5, 5.41) is 24.3. The number of nitrogens with zero attached hydrogens (tertiary/aromatic N) is 8. The van der Waals surface area contributed by atoms with Gasteiger partial charge in [0, 0.05) is 23.1 Å². The van der Waals surface area contributed by atoms with Crippen LogP contribution in [-0.2, 0) is 58.6 Å². The lowest BCUT2D eigenvalue weighted by Crippen LogP contribution is -2.33. The van der Waals surface area contributed by atoms with Crippen molar-refractivity contribution in [3.63, 3.8) is 0 Å². The van der Waals surface area contributed by atoms with Crippen molar-refractivity contribution in [1.82, 2.24) is 29.1 Å². The van der Waals surface area contributed by atoms with Crippen molar-refractivity contribution in [2.75, 3.05) is 18.9 Å². The molecular weight excluding hydrogens is 887 g/mol. The summed E-state index contributed by atoms with van der Waals surface area (Å²) in [6, 6.07) is -1.22. The van der Waals surface area contributed by atoms with E-state index < -0.39 is 106 Å². The van der Waals surface area contributed by atoms with Gasteiger partial charge in [-0.2, -0.15) is 17.2 Å². The Labute approximate surface area is 314 Å². The zero-order valence-electron chi connectivity index (χ0n) is 28.0. The number of aromatic amines is 1. The number of phosphoric ester groups is 2. The number of hydrogen-bond donors (Lipinski definition) is 9. The molecule has 0 bridgehead atoms. The van der Waals surface area contributed by atoms with Crippen LogP contribution in [0.4, 0.5) is 5.82 Å². The second-order valence-electron chi connectivity index (χ2n) is 11.5. The summed E-state index contributed by atoms with van der Waals surface area (Å²) < 4.78 is 98.8. The molecule has 316 valence electrons. The number of rotatable bonds is 17.